The molecule has 0 aliphatic carbocycles. The van der Waals surface area contributed by atoms with Crippen molar-refractivity contribution in [2.45, 2.75) is 77.0 Å². The molecule has 212 valence electrons. The number of fused-ring (bicyclic) bond motifs is 1. The van der Waals surface area contributed by atoms with Crippen molar-refractivity contribution in [3.05, 3.63) is 59.2 Å². The molecule has 1 aromatic carbocycles. The molecule has 1 aromatic heterocycles. The van der Waals surface area contributed by atoms with Gasteiger partial charge >= 0.3 is 0 Å². The number of hydrogen-bond acceptors (Lipinski definition) is 6. The first-order valence-electron chi connectivity index (χ1n) is 14.4. The molecule has 1 unspecified atom stereocenters. The molecule has 39 heavy (non-hydrogen) atoms. The molecule has 0 bridgehead atoms. The fraction of sp³-hybridized carbons (Fsp3) is 0.613. The maximum absolute atomic E-state index is 14.6. The van der Waals surface area contributed by atoms with E-state index in [1.165, 1.54) is 6.07 Å². The number of halogens is 1. The van der Waals surface area contributed by atoms with E-state index in [-0.39, 0.29) is 29.1 Å². The van der Waals surface area contributed by atoms with Crippen molar-refractivity contribution in [3.8, 4) is 0 Å². The Hall–Kier alpha value is -2.39. The average molecular weight is 538 g/mol. The smallest absolute Gasteiger partial charge is 0.241 e. The van der Waals surface area contributed by atoms with E-state index in [0.29, 0.717) is 36.8 Å². The lowest BCUT2D eigenvalue weighted by Gasteiger charge is -2.46. The first kappa shape index (κ1) is 28.1. The molecular formula is C31H44FN5O2. The number of rotatable bonds is 6. The highest BCUT2D eigenvalue weighted by Crippen LogP contribution is 2.41. The summed E-state index contributed by atoms with van der Waals surface area (Å²) in [5.74, 6) is -0.288. The van der Waals surface area contributed by atoms with E-state index < -0.39 is 0 Å². The number of pyridine rings is 1. The topological polar surface area (TPSA) is 60.9 Å². The molecular weight excluding hydrogens is 493 g/mol. The summed E-state index contributed by atoms with van der Waals surface area (Å²) in [7, 11) is 0. The number of ether oxygens (including phenoxy) is 1. The fourth-order valence-electron chi connectivity index (χ4n) is 6.52. The Kier molecular flexibility index (Phi) is 8.11. The van der Waals surface area contributed by atoms with E-state index in [0.717, 1.165) is 49.8 Å². The van der Waals surface area contributed by atoms with Crippen molar-refractivity contribution >= 4 is 11.6 Å². The zero-order chi connectivity index (χ0) is 27.9. The van der Waals surface area contributed by atoms with Crippen molar-refractivity contribution in [3.63, 3.8) is 0 Å². The van der Waals surface area contributed by atoms with E-state index in [2.05, 4.69) is 55.8 Å². The van der Waals surface area contributed by atoms with Gasteiger partial charge < -0.3 is 15.0 Å². The number of hydrogen-bond donors (Lipinski definition) is 1. The molecule has 2 fully saturated rings. The third-order valence-electron chi connectivity index (χ3n) is 8.88. The van der Waals surface area contributed by atoms with Crippen LogP contribution in [0.4, 0.5) is 10.1 Å². The lowest BCUT2D eigenvalue weighted by atomic mass is 9.89. The van der Waals surface area contributed by atoms with E-state index in [1.54, 1.807) is 6.07 Å². The Labute approximate surface area is 232 Å². The highest BCUT2D eigenvalue weighted by molar-refractivity contribution is 5.97. The molecule has 2 aromatic rings. The van der Waals surface area contributed by atoms with Crippen LogP contribution in [0.25, 0.3) is 0 Å². The Morgan fingerprint density at radius 1 is 1.21 bits per heavy atom. The Bertz CT molecular complexity index is 1180. The predicted octanol–water partition coefficient (Wildman–Crippen LogP) is 3.77. The number of benzene rings is 1. The van der Waals surface area contributed by atoms with Gasteiger partial charge in [-0.1, -0.05) is 39.0 Å². The first-order chi connectivity index (χ1) is 18.5. The van der Waals surface area contributed by atoms with Crippen LogP contribution in [0.2, 0.25) is 0 Å². The van der Waals surface area contributed by atoms with E-state index in [9.17, 15) is 9.18 Å². The fourth-order valence-corrected chi connectivity index (χ4v) is 6.52. The van der Waals surface area contributed by atoms with E-state index in [1.807, 2.05) is 30.2 Å². The monoisotopic (exact) mass is 537 g/mol. The van der Waals surface area contributed by atoms with Crippen molar-refractivity contribution in [2.24, 2.45) is 0 Å². The third-order valence-corrected chi connectivity index (χ3v) is 8.88. The molecule has 0 saturated carbocycles. The molecule has 2 saturated heterocycles. The van der Waals surface area contributed by atoms with Crippen molar-refractivity contribution in [1.29, 1.82) is 0 Å². The Balaban J connectivity index is 1.37. The van der Waals surface area contributed by atoms with Crippen molar-refractivity contribution in [2.75, 3.05) is 50.8 Å². The average Bonchev–Trinajstić information content (AvgIpc) is 3.17. The summed E-state index contributed by atoms with van der Waals surface area (Å²) in [5.41, 5.74) is 3.10. The molecule has 8 heteroatoms. The zero-order valence-corrected chi connectivity index (χ0v) is 24.3. The second kappa shape index (κ2) is 11.2. The maximum Gasteiger partial charge on any atom is 0.241 e. The van der Waals surface area contributed by atoms with Crippen molar-refractivity contribution in [1.82, 2.24) is 20.1 Å². The minimum Gasteiger partial charge on any atom is -0.378 e. The molecule has 0 radical (unpaired) electrons. The van der Waals surface area contributed by atoms with Gasteiger partial charge in [-0.2, -0.15) is 0 Å². The summed E-state index contributed by atoms with van der Waals surface area (Å²) in [5, 5.41) is 3.63. The summed E-state index contributed by atoms with van der Waals surface area (Å²) in [6, 6.07) is 10.2. The summed E-state index contributed by atoms with van der Waals surface area (Å²) in [4.78, 5) is 25.6. The van der Waals surface area contributed by atoms with Gasteiger partial charge in [0.25, 0.3) is 0 Å². The predicted molar refractivity (Wildman–Crippen MR) is 153 cm³/mol. The third kappa shape index (κ3) is 5.75. The van der Waals surface area contributed by atoms with Gasteiger partial charge in [-0.05, 0) is 44.0 Å². The van der Waals surface area contributed by atoms with Gasteiger partial charge in [-0.3, -0.25) is 19.6 Å². The molecule has 3 aliphatic rings. The lowest BCUT2D eigenvalue weighted by molar-refractivity contribution is -0.121. The summed E-state index contributed by atoms with van der Waals surface area (Å²) >= 11 is 0. The number of anilines is 1. The normalized spacial score (nSPS) is 28.3. The molecule has 0 spiro atoms. The van der Waals surface area contributed by atoms with Crippen LogP contribution in [0, 0.1) is 5.82 Å². The van der Waals surface area contributed by atoms with Gasteiger partial charge in [0.15, 0.2) is 0 Å². The molecule has 5 rings (SSSR count). The molecule has 4 heterocycles. The second-order valence-corrected chi connectivity index (χ2v) is 12.6. The quantitative estimate of drug-likeness (QED) is 0.606. The summed E-state index contributed by atoms with van der Waals surface area (Å²) in [6.45, 7) is 18.0. The molecule has 5 atom stereocenters. The van der Waals surface area contributed by atoms with Crippen LogP contribution in [-0.4, -0.2) is 90.8 Å². The molecule has 1 amide bonds. The van der Waals surface area contributed by atoms with Crippen LogP contribution in [0.1, 0.15) is 64.3 Å². The van der Waals surface area contributed by atoms with Gasteiger partial charge in [0.05, 0.1) is 31.1 Å². The van der Waals surface area contributed by atoms with Crippen LogP contribution in [0.5, 0.6) is 0 Å². The lowest BCUT2D eigenvalue weighted by Crippen LogP contribution is -2.63. The highest BCUT2D eigenvalue weighted by atomic mass is 19.1. The van der Waals surface area contributed by atoms with Gasteiger partial charge in [0.2, 0.25) is 5.91 Å². The molecule has 3 aliphatic heterocycles. The number of carbonyl (C=O) groups is 1. The van der Waals surface area contributed by atoms with Gasteiger partial charge in [0, 0.05) is 67.9 Å². The van der Waals surface area contributed by atoms with Crippen LogP contribution in [0.15, 0.2) is 36.5 Å². The number of carbonyl (C=O) groups excluding carboxylic acids is 1. The number of piperazine rings is 1. The molecule has 1 N–H and O–H groups in total. The van der Waals surface area contributed by atoms with Crippen LogP contribution >= 0.6 is 0 Å². The number of aromatic nitrogens is 1. The van der Waals surface area contributed by atoms with Gasteiger partial charge in [-0.15, -0.1) is 0 Å². The largest absolute Gasteiger partial charge is 0.378 e. The zero-order valence-electron chi connectivity index (χ0n) is 24.3. The van der Waals surface area contributed by atoms with E-state index >= 15 is 0 Å². The number of morpholine rings is 1. The molecule has 7 nitrogen and oxygen atoms in total. The van der Waals surface area contributed by atoms with Crippen LogP contribution < -0.4 is 10.2 Å². The summed E-state index contributed by atoms with van der Waals surface area (Å²) < 4.78 is 20.3. The standard InChI is InChI=1S/C31H44FN5O2/c1-20-14-35(25(13-33-20)15-36-21(2)17-39-18-22(36)3)16-29(38)37-19-31(5,6)30-28(37)11-24(12-34-30)23(4)26-9-7-8-10-27(26)32/h7-12,20-23,25,33H,13-19H2,1-6H3/t20-,21-,22-,23?,25-/m1/s1. The Morgan fingerprint density at radius 2 is 1.92 bits per heavy atom. The van der Waals surface area contributed by atoms with Crippen LogP contribution in [0.3, 0.4) is 0 Å². The van der Waals surface area contributed by atoms with Crippen molar-refractivity contribution < 1.29 is 13.9 Å². The maximum atomic E-state index is 14.6. The number of nitrogens with one attached hydrogen (secondary N) is 1. The van der Waals surface area contributed by atoms with Crippen LogP contribution in [-0.2, 0) is 14.9 Å². The summed E-state index contributed by atoms with van der Waals surface area (Å²) in [6.07, 6.45) is 1.85. The van der Waals surface area contributed by atoms with E-state index in [4.69, 9.17) is 9.72 Å². The highest BCUT2D eigenvalue weighted by Gasteiger charge is 2.41. The first-order valence-corrected chi connectivity index (χ1v) is 14.4. The minimum absolute atomic E-state index is 0.0986. The SMILES string of the molecule is CC(c1cnc2c(c1)N(C(=O)CN1C[C@@H](C)NC[C@@H]1CN1[C@H](C)COC[C@H]1C)CC2(C)C)c1ccccc1F. The van der Waals surface area contributed by atoms with Gasteiger partial charge in [-0.25, -0.2) is 4.39 Å². The second-order valence-electron chi connectivity index (χ2n) is 12.6. The van der Waals surface area contributed by atoms with Gasteiger partial charge in [0.1, 0.15) is 5.82 Å². The minimum atomic E-state index is -0.250. The number of nitrogens with zero attached hydrogens (tertiary/aromatic N) is 4. The number of amides is 1. The Morgan fingerprint density at radius 3 is 2.64 bits per heavy atom.